The van der Waals surface area contributed by atoms with Gasteiger partial charge in [0, 0.05) is 22.1 Å². The summed E-state index contributed by atoms with van der Waals surface area (Å²) in [6, 6.07) is 6.55. The van der Waals surface area contributed by atoms with Crippen LogP contribution in [0.5, 0.6) is 0 Å². The molecule has 3 heteroatoms. The normalized spacial score (nSPS) is 14.6. The summed E-state index contributed by atoms with van der Waals surface area (Å²) in [6.07, 6.45) is 3.40. The summed E-state index contributed by atoms with van der Waals surface area (Å²) in [7, 11) is 0. The van der Waals surface area contributed by atoms with Crippen LogP contribution in [0.3, 0.4) is 0 Å². The van der Waals surface area contributed by atoms with E-state index in [9.17, 15) is 0 Å². The van der Waals surface area contributed by atoms with E-state index in [1.807, 2.05) is 18.2 Å². The Morgan fingerprint density at radius 1 is 1.24 bits per heavy atom. The molecule has 0 fully saturated rings. The van der Waals surface area contributed by atoms with Crippen LogP contribution in [-0.2, 0) is 0 Å². The molecule has 0 spiro atoms. The fraction of sp³-hybridized carbons (Fsp3) is 0.571. The molecule has 1 aromatic carbocycles. The number of nitrogens with one attached hydrogen (secondary N) is 1. The lowest BCUT2D eigenvalue weighted by atomic mass is 10.0. The molecule has 0 heterocycles. The van der Waals surface area contributed by atoms with Crippen molar-refractivity contribution >= 4 is 23.2 Å². The molecule has 0 aliphatic rings. The van der Waals surface area contributed by atoms with Crippen molar-refractivity contribution in [3.63, 3.8) is 0 Å². The minimum Gasteiger partial charge on any atom is -0.307 e. The van der Waals surface area contributed by atoms with Gasteiger partial charge in [-0.3, -0.25) is 0 Å². The molecule has 0 amide bonds. The first-order valence-corrected chi connectivity index (χ1v) is 7.05. The smallest absolute Gasteiger partial charge is 0.0468 e. The molecule has 0 radical (unpaired) electrons. The largest absolute Gasteiger partial charge is 0.307 e. The molecule has 0 aliphatic heterocycles. The molecule has 0 bridgehead atoms. The fourth-order valence-electron chi connectivity index (χ4n) is 2.07. The van der Waals surface area contributed by atoms with Crippen LogP contribution in [0.15, 0.2) is 18.2 Å². The van der Waals surface area contributed by atoms with Crippen molar-refractivity contribution in [3.8, 4) is 0 Å². The second-order valence-electron chi connectivity index (χ2n) is 4.48. The van der Waals surface area contributed by atoms with Crippen LogP contribution in [0.2, 0.25) is 10.0 Å². The number of hydrogen-bond acceptors (Lipinski definition) is 1. The second-order valence-corrected chi connectivity index (χ2v) is 5.33. The van der Waals surface area contributed by atoms with Crippen LogP contribution in [0.1, 0.15) is 51.6 Å². The zero-order valence-corrected chi connectivity index (χ0v) is 12.3. The Bertz CT molecular complexity index is 352. The van der Waals surface area contributed by atoms with Gasteiger partial charge in [-0.25, -0.2) is 0 Å². The maximum absolute atomic E-state index is 6.24. The highest BCUT2D eigenvalue weighted by Gasteiger charge is 2.15. The maximum Gasteiger partial charge on any atom is 0.0468 e. The molecule has 2 unspecified atom stereocenters. The van der Waals surface area contributed by atoms with E-state index in [4.69, 9.17) is 23.2 Å². The Morgan fingerprint density at radius 3 is 2.47 bits per heavy atom. The third kappa shape index (κ3) is 4.50. The first-order chi connectivity index (χ1) is 8.08. The van der Waals surface area contributed by atoms with Gasteiger partial charge in [-0.05, 0) is 37.5 Å². The molecule has 1 N–H and O–H groups in total. The summed E-state index contributed by atoms with van der Waals surface area (Å²) in [6.45, 7) is 6.59. The lowest BCUT2D eigenvalue weighted by molar-refractivity contribution is 0.424. The highest BCUT2D eigenvalue weighted by Crippen LogP contribution is 2.28. The maximum atomic E-state index is 6.24. The molecule has 1 rings (SSSR count). The summed E-state index contributed by atoms with van der Waals surface area (Å²) in [5.41, 5.74) is 1.14. The van der Waals surface area contributed by atoms with Gasteiger partial charge in [0.2, 0.25) is 0 Å². The molecule has 17 heavy (non-hydrogen) atoms. The summed E-state index contributed by atoms with van der Waals surface area (Å²) in [5, 5.41) is 5.06. The van der Waals surface area contributed by atoms with E-state index < -0.39 is 0 Å². The number of benzene rings is 1. The Balaban J connectivity index is 2.79. The van der Waals surface area contributed by atoms with Crippen molar-refractivity contribution in [1.82, 2.24) is 5.32 Å². The average molecular weight is 274 g/mol. The number of hydrogen-bond donors (Lipinski definition) is 1. The van der Waals surface area contributed by atoms with Crippen molar-refractivity contribution in [3.05, 3.63) is 33.8 Å². The van der Waals surface area contributed by atoms with Crippen molar-refractivity contribution < 1.29 is 0 Å². The van der Waals surface area contributed by atoms with E-state index in [1.54, 1.807) is 0 Å². The van der Waals surface area contributed by atoms with Gasteiger partial charge in [-0.1, -0.05) is 49.5 Å². The number of halogens is 2. The van der Waals surface area contributed by atoms with Crippen LogP contribution in [-0.4, -0.2) is 6.04 Å². The summed E-state index contributed by atoms with van der Waals surface area (Å²) in [4.78, 5) is 0. The topological polar surface area (TPSA) is 12.0 Å². The van der Waals surface area contributed by atoms with Crippen LogP contribution in [0.4, 0.5) is 0 Å². The van der Waals surface area contributed by atoms with Crippen LogP contribution >= 0.6 is 23.2 Å². The molecular formula is C14H21Cl2N. The van der Waals surface area contributed by atoms with E-state index in [-0.39, 0.29) is 0 Å². The van der Waals surface area contributed by atoms with Gasteiger partial charge in [-0.15, -0.1) is 0 Å². The van der Waals surface area contributed by atoms with Crippen molar-refractivity contribution in [2.75, 3.05) is 0 Å². The highest BCUT2D eigenvalue weighted by atomic mass is 35.5. The quantitative estimate of drug-likeness (QED) is 0.749. The lowest BCUT2D eigenvalue weighted by Crippen LogP contribution is -2.30. The third-order valence-corrected chi connectivity index (χ3v) is 3.52. The molecule has 96 valence electrons. The molecular weight excluding hydrogens is 253 g/mol. The zero-order valence-electron chi connectivity index (χ0n) is 10.8. The SMILES string of the molecule is CCCC(C)NC(CC)c1ccc(Cl)cc1Cl. The van der Waals surface area contributed by atoms with Crippen LogP contribution < -0.4 is 5.32 Å². The Kier molecular flexibility index (Phi) is 6.32. The van der Waals surface area contributed by atoms with Crippen molar-refractivity contribution in [1.29, 1.82) is 0 Å². The summed E-state index contributed by atoms with van der Waals surface area (Å²) < 4.78 is 0. The minimum absolute atomic E-state index is 0.307. The summed E-state index contributed by atoms with van der Waals surface area (Å²) >= 11 is 12.2. The lowest BCUT2D eigenvalue weighted by Gasteiger charge is -2.23. The van der Waals surface area contributed by atoms with E-state index in [0.29, 0.717) is 17.1 Å². The standard InChI is InChI=1S/C14H21Cl2N/c1-4-6-10(3)17-14(5-2)12-8-7-11(15)9-13(12)16/h7-10,14,17H,4-6H2,1-3H3. The molecule has 0 aliphatic carbocycles. The Hall–Kier alpha value is -0.240. The van der Waals surface area contributed by atoms with Crippen molar-refractivity contribution in [2.24, 2.45) is 0 Å². The van der Waals surface area contributed by atoms with Crippen molar-refractivity contribution in [2.45, 2.75) is 52.1 Å². The monoisotopic (exact) mass is 273 g/mol. The van der Waals surface area contributed by atoms with Crippen LogP contribution in [0, 0.1) is 0 Å². The second kappa shape index (κ2) is 7.25. The van der Waals surface area contributed by atoms with E-state index >= 15 is 0 Å². The van der Waals surface area contributed by atoms with E-state index in [1.165, 1.54) is 12.8 Å². The van der Waals surface area contributed by atoms with Gasteiger partial charge in [0.05, 0.1) is 0 Å². The van der Waals surface area contributed by atoms with Gasteiger partial charge in [0.25, 0.3) is 0 Å². The predicted molar refractivity (Wildman–Crippen MR) is 77.0 cm³/mol. The molecule has 2 atom stereocenters. The van der Waals surface area contributed by atoms with Crippen LogP contribution in [0.25, 0.3) is 0 Å². The molecule has 0 aromatic heterocycles. The fourth-order valence-corrected chi connectivity index (χ4v) is 2.61. The average Bonchev–Trinajstić information content (AvgIpc) is 2.27. The van der Waals surface area contributed by atoms with Gasteiger partial charge in [0.1, 0.15) is 0 Å². The van der Waals surface area contributed by atoms with Gasteiger partial charge < -0.3 is 5.32 Å². The van der Waals surface area contributed by atoms with E-state index in [0.717, 1.165) is 17.0 Å². The van der Waals surface area contributed by atoms with E-state index in [2.05, 4.69) is 26.1 Å². The van der Waals surface area contributed by atoms with Gasteiger partial charge >= 0.3 is 0 Å². The molecule has 1 aromatic rings. The minimum atomic E-state index is 0.307. The molecule has 0 saturated carbocycles. The predicted octanol–water partition coefficient (Wildman–Crippen LogP) is 5.22. The third-order valence-electron chi connectivity index (χ3n) is 2.95. The first-order valence-electron chi connectivity index (χ1n) is 6.29. The van der Waals surface area contributed by atoms with Gasteiger partial charge in [0.15, 0.2) is 0 Å². The Morgan fingerprint density at radius 2 is 1.94 bits per heavy atom. The molecule has 0 saturated heterocycles. The first kappa shape index (κ1) is 14.8. The summed E-state index contributed by atoms with van der Waals surface area (Å²) in [5.74, 6) is 0. The number of rotatable bonds is 6. The zero-order chi connectivity index (χ0) is 12.8. The van der Waals surface area contributed by atoms with Gasteiger partial charge in [-0.2, -0.15) is 0 Å². The molecule has 1 nitrogen and oxygen atoms in total. The highest BCUT2D eigenvalue weighted by molar-refractivity contribution is 6.35. The Labute approximate surface area is 115 Å².